The summed E-state index contributed by atoms with van der Waals surface area (Å²) < 4.78 is 68.8. The number of phosphoric acid groups is 2. The lowest BCUT2D eigenvalue weighted by atomic mass is 10.0. The molecule has 0 aliphatic rings. The summed E-state index contributed by atoms with van der Waals surface area (Å²) >= 11 is 0. The van der Waals surface area contributed by atoms with Crippen molar-refractivity contribution in [2.45, 2.75) is 445 Å². The molecule has 0 radical (unpaired) electrons. The molecule has 3 N–H and O–H groups in total. The molecule has 5 atom stereocenters. The third kappa shape index (κ3) is 77.7. The van der Waals surface area contributed by atoms with E-state index in [2.05, 4.69) is 65.8 Å². The Morgan fingerprint density at radius 3 is 0.788 bits per heavy atom. The van der Waals surface area contributed by atoms with E-state index in [1.165, 1.54) is 231 Å². The maximum atomic E-state index is 13.1. The smallest absolute Gasteiger partial charge is 0.462 e. The van der Waals surface area contributed by atoms with E-state index in [4.69, 9.17) is 37.0 Å². The molecule has 0 aromatic rings. The fraction of sp³-hybridized carbons (Fsp3) is 0.906. The van der Waals surface area contributed by atoms with Crippen LogP contribution in [-0.4, -0.2) is 96.7 Å². The van der Waals surface area contributed by atoms with Gasteiger partial charge in [-0.15, -0.1) is 0 Å². The number of aliphatic hydroxyl groups excluding tert-OH is 1. The summed E-state index contributed by atoms with van der Waals surface area (Å²) in [4.78, 5) is 73.2. The highest BCUT2D eigenvalue weighted by Crippen LogP contribution is 2.45. The summed E-state index contributed by atoms with van der Waals surface area (Å²) in [5.74, 6) is -0.573. The van der Waals surface area contributed by atoms with Crippen LogP contribution in [0, 0.1) is 11.8 Å². The Hall–Kier alpha value is -2.46. The van der Waals surface area contributed by atoms with Crippen molar-refractivity contribution in [1.82, 2.24) is 0 Å². The van der Waals surface area contributed by atoms with Crippen LogP contribution in [0.25, 0.3) is 0 Å². The third-order valence-corrected chi connectivity index (χ3v) is 21.2. The van der Waals surface area contributed by atoms with E-state index in [9.17, 15) is 43.2 Å². The van der Waals surface area contributed by atoms with Gasteiger partial charge in [0.2, 0.25) is 0 Å². The molecule has 0 spiro atoms. The molecule has 0 rings (SSSR count). The average Bonchev–Trinajstić information content (AvgIpc) is 0.910. The minimum Gasteiger partial charge on any atom is -0.462 e. The van der Waals surface area contributed by atoms with E-state index >= 15 is 0 Å². The molecule has 614 valence electrons. The maximum Gasteiger partial charge on any atom is 0.472 e. The highest BCUT2D eigenvalue weighted by Gasteiger charge is 2.30. The molecule has 0 bridgehead atoms. The van der Waals surface area contributed by atoms with Gasteiger partial charge in [-0.25, -0.2) is 9.13 Å². The molecule has 0 aliphatic heterocycles. The standard InChI is InChI=1S/C85H162O17P2/c1-7-9-11-13-15-17-19-21-23-30-33-37-43-49-55-61-67-82(87)95-73-80(101-85(90)70-64-58-52-45-39-35-31-27-25-24-26-29-32-36-41-47-53-59-65-77(3)4)75-99-103(91,92)97-71-79(86)72-98-104(93,94)100-76-81(74-96-83(88)68-62-56-50-46-40-42-48-54-60-66-78(5)6)102-84(89)69-63-57-51-44-38-34-28-22-20-18-16-14-12-10-8-2/h18,20,22,28,77-81,86H,7-17,19,21,23-27,29-76H2,1-6H3,(H,91,92)(H,93,94)/b20-18-,28-22-/t79-,80-,81-/m1/s1. The van der Waals surface area contributed by atoms with E-state index < -0.39 is 97.5 Å². The second-order valence-electron chi connectivity index (χ2n) is 30.8. The molecule has 0 heterocycles. The number of aliphatic hydroxyl groups is 1. The number of allylic oxidation sites excluding steroid dienone is 4. The van der Waals surface area contributed by atoms with Crippen LogP contribution in [0.2, 0.25) is 0 Å². The number of phosphoric ester groups is 2. The van der Waals surface area contributed by atoms with Crippen molar-refractivity contribution in [2.24, 2.45) is 11.8 Å². The van der Waals surface area contributed by atoms with Crippen LogP contribution in [0.4, 0.5) is 0 Å². The monoisotopic (exact) mass is 1520 g/mol. The molecule has 0 amide bonds. The average molecular weight is 1520 g/mol. The van der Waals surface area contributed by atoms with Gasteiger partial charge in [0.25, 0.3) is 0 Å². The summed E-state index contributed by atoms with van der Waals surface area (Å²) in [6.45, 7) is 9.61. The second-order valence-corrected chi connectivity index (χ2v) is 33.7. The first-order valence-corrected chi connectivity index (χ1v) is 46.3. The summed E-state index contributed by atoms with van der Waals surface area (Å²) in [5.41, 5.74) is 0. The zero-order chi connectivity index (χ0) is 76.4. The molecule has 17 nitrogen and oxygen atoms in total. The number of hydrogen-bond donors (Lipinski definition) is 3. The SMILES string of the molecule is CCCCCC/C=C\C=C/CCCCCCCC(=O)O[C@H](COC(=O)CCCCCCCCCCCC(C)C)COP(=O)(O)OC[C@H](O)COP(=O)(O)OC[C@@H](COC(=O)CCCCCCCCCCCCCCCCCC)OC(=O)CCCCCCCCCCCCCCCCCCCCC(C)C. The maximum absolute atomic E-state index is 13.1. The largest absolute Gasteiger partial charge is 0.472 e. The van der Waals surface area contributed by atoms with Gasteiger partial charge in [-0.2, -0.15) is 0 Å². The first-order valence-electron chi connectivity index (χ1n) is 43.3. The lowest BCUT2D eigenvalue weighted by Crippen LogP contribution is -2.30. The number of esters is 4. The molecular formula is C85H162O17P2. The predicted octanol–water partition coefficient (Wildman–Crippen LogP) is 25.4. The molecular weight excluding hydrogens is 1350 g/mol. The van der Waals surface area contributed by atoms with Gasteiger partial charge < -0.3 is 33.8 Å². The molecule has 104 heavy (non-hydrogen) atoms. The number of ether oxygens (including phenoxy) is 4. The summed E-state index contributed by atoms with van der Waals surface area (Å²) in [6, 6.07) is 0. The van der Waals surface area contributed by atoms with E-state index in [-0.39, 0.29) is 25.7 Å². The topological polar surface area (TPSA) is 237 Å². The molecule has 2 unspecified atom stereocenters. The van der Waals surface area contributed by atoms with Gasteiger partial charge >= 0.3 is 39.5 Å². The fourth-order valence-electron chi connectivity index (χ4n) is 12.7. The summed E-state index contributed by atoms with van der Waals surface area (Å²) in [5, 5.41) is 10.7. The second kappa shape index (κ2) is 75.9. The molecule has 0 saturated heterocycles. The van der Waals surface area contributed by atoms with Gasteiger partial charge in [-0.05, 0) is 63.2 Å². The Morgan fingerprint density at radius 2 is 0.519 bits per heavy atom. The summed E-state index contributed by atoms with van der Waals surface area (Å²) in [7, 11) is -9.94. The zero-order valence-corrected chi connectivity index (χ0v) is 69.6. The Labute approximate surface area is 637 Å². The van der Waals surface area contributed by atoms with Crippen molar-refractivity contribution in [2.75, 3.05) is 39.6 Å². The Bertz CT molecular complexity index is 2090. The Balaban J connectivity index is 5.28. The van der Waals surface area contributed by atoms with E-state index in [0.29, 0.717) is 25.7 Å². The number of rotatable bonds is 82. The van der Waals surface area contributed by atoms with Crippen LogP contribution < -0.4 is 0 Å². The van der Waals surface area contributed by atoms with E-state index in [1.54, 1.807) is 0 Å². The Morgan fingerprint density at radius 1 is 0.298 bits per heavy atom. The van der Waals surface area contributed by atoms with Crippen molar-refractivity contribution < 1.29 is 80.2 Å². The first kappa shape index (κ1) is 102. The van der Waals surface area contributed by atoms with Gasteiger partial charge in [0, 0.05) is 25.7 Å². The highest BCUT2D eigenvalue weighted by molar-refractivity contribution is 7.47. The fourth-order valence-corrected chi connectivity index (χ4v) is 14.3. The minimum atomic E-state index is -4.97. The van der Waals surface area contributed by atoms with Crippen molar-refractivity contribution in [1.29, 1.82) is 0 Å². The van der Waals surface area contributed by atoms with E-state index in [1.807, 2.05) is 0 Å². The number of unbranched alkanes of at least 4 members (excludes halogenated alkanes) is 49. The number of hydrogen-bond acceptors (Lipinski definition) is 15. The van der Waals surface area contributed by atoms with Crippen LogP contribution in [0.1, 0.15) is 427 Å². The Kier molecular flexibility index (Phi) is 74.1. The lowest BCUT2D eigenvalue weighted by Gasteiger charge is -2.21. The van der Waals surface area contributed by atoms with E-state index in [0.717, 1.165) is 115 Å². The van der Waals surface area contributed by atoms with Crippen LogP contribution in [0.5, 0.6) is 0 Å². The van der Waals surface area contributed by atoms with Gasteiger partial charge in [0.1, 0.15) is 19.3 Å². The van der Waals surface area contributed by atoms with Crippen LogP contribution in [0.3, 0.4) is 0 Å². The predicted molar refractivity (Wildman–Crippen MR) is 427 cm³/mol. The normalized spacial score (nSPS) is 14.0. The van der Waals surface area contributed by atoms with Crippen molar-refractivity contribution in [3.8, 4) is 0 Å². The highest BCUT2D eigenvalue weighted by atomic mass is 31.2. The van der Waals surface area contributed by atoms with Crippen molar-refractivity contribution in [3.63, 3.8) is 0 Å². The van der Waals surface area contributed by atoms with Gasteiger partial charge in [-0.1, -0.05) is 374 Å². The third-order valence-electron chi connectivity index (χ3n) is 19.3. The first-order chi connectivity index (χ1) is 50.4. The number of carbonyl (C=O) groups excluding carboxylic acids is 4. The van der Waals surface area contributed by atoms with Crippen molar-refractivity contribution in [3.05, 3.63) is 24.3 Å². The zero-order valence-electron chi connectivity index (χ0n) is 67.8. The molecule has 0 saturated carbocycles. The van der Waals surface area contributed by atoms with Crippen molar-refractivity contribution >= 4 is 39.5 Å². The molecule has 0 fully saturated rings. The molecule has 0 aromatic carbocycles. The minimum absolute atomic E-state index is 0.0849. The van der Waals surface area contributed by atoms with Gasteiger partial charge in [0.15, 0.2) is 12.2 Å². The summed E-state index contributed by atoms with van der Waals surface area (Å²) in [6.07, 6.45) is 70.2. The molecule has 0 aliphatic carbocycles. The lowest BCUT2D eigenvalue weighted by molar-refractivity contribution is -0.161. The quantitative estimate of drug-likeness (QED) is 0.0169. The molecule has 19 heteroatoms. The number of carbonyl (C=O) groups is 4. The van der Waals surface area contributed by atoms with Crippen LogP contribution in [-0.2, 0) is 65.4 Å². The van der Waals surface area contributed by atoms with Gasteiger partial charge in [-0.3, -0.25) is 37.3 Å². The van der Waals surface area contributed by atoms with Crippen LogP contribution in [0.15, 0.2) is 24.3 Å². The van der Waals surface area contributed by atoms with Crippen LogP contribution >= 0.6 is 15.6 Å². The van der Waals surface area contributed by atoms with Gasteiger partial charge in [0.05, 0.1) is 26.4 Å². The molecule has 0 aromatic heterocycles.